The van der Waals surface area contributed by atoms with Gasteiger partial charge in [-0.05, 0) is 6.92 Å². The average molecular weight is 214 g/mol. The number of nitrogens with zero attached hydrogens (tertiary/aromatic N) is 3. The molecule has 14 heavy (non-hydrogen) atoms. The molecule has 0 saturated carbocycles. The Hall–Kier alpha value is -1.14. The van der Waals surface area contributed by atoms with Crippen molar-refractivity contribution in [2.75, 3.05) is 0 Å². The largest absolute Gasteiger partial charge is 0.222 e. The van der Waals surface area contributed by atoms with Gasteiger partial charge in [0.1, 0.15) is 22.7 Å². The molecular weight excluding hydrogens is 198 g/mol. The fraction of sp³-hybridized carbons (Fsp3) is 0.500. The van der Waals surface area contributed by atoms with E-state index in [1.807, 2.05) is 33.8 Å². The fourth-order valence-corrected chi connectivity index (χ4v) is 0.814. The van der Waals surface area contributed by atoms with Crippen molar-refractivity contribution < 1.29 is 0 Å². The monoisotopic (exact) mass is 213 g/mol. The van der Waals surface area contributed by atoms with Crippen LogP contribution in [0.4, 0.5) is 0 Å². The topological polar surface area (TPSA) is 49.6 Å². The molecule has 3 nitrogen and oxygen atoms in total. The van der Waals surface area contributed by atoms with Gasteiger partial charge < -0.3 is 0 Å². The van der Waals surface area contributed by atoms with Gasteiger partial charge in [-0.15, -0.1) is 0 Å². The number of aryl methyl sites for hydroxylation is 1. The highest BCUT2D eigenvalue weighted by molar-refractivity contribution is 6.29. The quantitative estimate of drug-likeness (QED) is 0.621. The van der Waals surface area contributed by atoms with Crippen LogP contribution in [0, 0.1) is 18.3 Å². The van der Waals surface area contributed by atoms with E-state index >= 15 is 0 Å². The molecule has 0 aliphatic rings. The lowest BCUT2D eigenvalue weighted by Crippen LogP contribution is -1.90. The summed E-state index contributed by atoms with van der Waals surface area (Å²) < 4.78 is 0. The molecule has 0 aliphatic carbocycles. The summed E-state index contributed by atoms with van der Waals surface area (Å²) in [5.41, 5.74) is 0.303. The molecule has 0 N–H and O–H groups in total. The lowest BCUT2D eigenvalue weighted by Gasteiger charge is -1.91. The summed E-state index contributed by atoms with van der Waals surface area (Å²) in [6, 6.07) is 3.30. The molecular formula is C10H16ClN3. The number of hydrogen-bond donors (Lipinski definition) is 0. The van der Waals surface area contributed by atoms with Crippen molar-refractivity contribution >= 4 is 11.6 Å². The van der Waals surface area contributed by atoms with E-state index in [0.29, 0.717) is 16.7 Å². The molecule has 78 valence electrons. The van der Waals surface area contributed by atoms with Crippen molar-refractivity contribution in [1.29, 1.82) is 5.26 Å². The summed E-state index contributed by atoms with van der Waals surface area (Å²) in [7, 11) is 0. The molecule has 1 aromatic heterocycles. The van der Waals surface area contributed by atoms with Crippen molar-refractivity contribution in [1.82, 2.24) is 9.97 Å². The van der Waals surface area contributed by atoms with E-state index in [0.717, 1.165) is 0 Å². The van der Waals surface area contributed by atoms with Crippen molar-refractivity contribution in [3.8, 4) is 6.07 Å². The second-order valence-electron chi connectivity index (χ2n) is 1.73. The summed E-state index contributed by atoms with van der Waals surface area (Å²) in [4.78, 5) is 7.58. The second-order valence-corrected chi connectivity index (χ2v) is 2.12. The zero-order valence-electron chi connectivity index (χ0n) is 9.30. The Labute approximate surface area is 90.8 Å². The predicted molar refractivity (Wildman–Crippen MR) is 59.2 cm³/mol. The van der Waals surface area contributed by atoms with Gasteiger partial charge in [-0.2, -0.15) is 5.26 Å². The standard InChI is InChI=1S/C6H4ClN3.2C2H6/c1-4-9-5(3-8)2-6(7)10-4;2*1-2/h2H,1H3;2*1-2H3. The predicted octanol–water partition coefficient (Wildman–Crippen LogP) is 3.36. The molecule has 0 bridgehead atoms. The maximum Gasteiger partial charge on any atom is 0.145 e. The molecule has 0 aromatic carbocycles. The first-order chi connectivity index (χ1) is 6.72. The molecule has 1 rings (SSSR count). The molecule has 1 heterocycles. The van der Waals surface area contributed by atoms with E-state index in [1.54, 1.807) is 6.92 Å². The lowest BCUT2D eigenvalue weighted by atomic mass is 10.4. The number of rotatable bonds is 0. The van der Waals surface area contributed by atoms with Crippen LogP contribution in [-0.2, 0) is 0 Å². The van der Waals surface area contributed by atoms with Crippen LogP contribution >= 0.6 is 11.6 Å². The third kappa shape index (κ3) is 6.38. The Kier molecular flexibility index (Phi) is 10.9. The highest BCUT2D eigenvalue weighted by atomic mass is 35.5. The van der Waals surface area contributed by atoms with Gasteiger partial charge in [-0.1, -0.05) is 39.3 Å². The number of nitriles is 1. The van der Waals surface area contributed by atoms with Crippen molar-refractivity contribution in [3.05, 3.63) is 22.7 Å². The fourth-order valence-electron chi connectivity index (χ4n) is 0.589. The Morgan fingerprint density at radius 2 is 1.71 bits per heavy atom. The van der Waals surface area contributed by atoms with Gasteiger partial charge in [-0.3, -0.25) is 0 Å². The third-order valence-corrected chi connectivity index (χ3v) is 1.11. The van der Waals surface area contributed by atoms with Crippen LogP contribution in [0.3, 0.4) is 0 Å². The molecule has 0 radical (unpaired) electrons. The third-order valence-electron chi connectivity index (χ3n) is 0.921. The SMILES string of the molecule is CC.CC.Cc1nc(Cl)cc(C#N)n1. The van der Waals surface area contributed by atoms with Crippen LogP contribution in [0.5, 0.6) is 0 Å². The molecule has 0 spiro atoms. The van der Waals surface area contributed by atoms with E-state index in [4.69, 9.17) is 16.9 Å². The molecule has 1 aromatic rings. The minimum absolute atomic E-state index is 0.303. The van der Waals surface area contributed by atoms with Gasteiger partial charge in [-0.25, -0.2) is 9.97 Å². The Morgan fingerprint density at radius 3 is 2.07 bits per heavy atom. The summed E-state index contributed by atoms with van der Waals surface area (Å²) >= 11 is 5.53. The summed E-state index contributed by atoms with van der Waals surface area (Å²) in [6.45, 7) is 9.69. The Bertz CT molecular complexity index is 272. The zero-order chi connectivity index (χ0) is 11.6. The van der Waals surface area contributed by atoms with Gasteiger partial charge in [0.15, 0.2) is 0 Å². The van der Waals surface area contributed by atoms with Crippen LogP contribution in [0.25, 0.3) is 0 Å². The molecule has 0 unspecified atom stereocenters. The average Bonchev–Trinajstić information content (AvgIpc) is 2.22. The smallest absolute Gasteiger partial charge is 0.145 e. The van der Waals surface area contributed by atoms with E-state index in [-0.39, 0.29) is 0 Å². The van der Waals surface area contributed by atoms with Crippen LogP contribution in [0.15, 0.2) is 6.07 Å². The van der Waals surface area contributed by atoms with Crippen LogP contribution in [-0.4, -0.2) is 9.97 Å². The molecule has 0 saturated heterocycles. The zero-order valence-corrected chi connectivity index (χ0v) is 10.1. The summed E-state index contributed by atoms with van der Waals surface area (Å²) in [5.74, 6) is 0.518. The Balaban J connectivity index is 0. The minimum atomic E-state index is 0.303. The first kappa shape index (κ1) is 15.3. The van der Waals surface area contributed by atoms with E-state index < -0.39 is 0 Å². The van der Waals surface area contributed by atoms with Crippen LogP contribution < -0.4 is 0 Å². The highest BCUT2D eigenvalue weighted by Gasteiger charge is 1.96. The number of aromatic nitrogens is 2. The van der Waals surface area contributed by atoms with E-state index in [9.17, 15) is 0 Å². The molecule has 0 amide bonds. The molecule has 0 fully saturated rings. The van der Waals surface area contributed by atoms with Gasteiger partial charge >= 0.3 is 0 Å². The lowest BCUT2D eigenvalue weighted by molar-refractivity contribution is 1.04. The van der Waals surface area contributed by atoms with Gasteiger partial charge in [0.2, 0.25) is 0 Å². The summed E-state index contributed by atoms with van der Waals surface area (Å²) in [6.07, 6.45) is 0. The van der Waals surface area contributed by atoms with E-state index in [1.165, 1.54) is 6.07 Å². The highest BCUT2D eigenvalue weighted by Crippen LogP contribution is 2.04. The van der Waals surface area contributed by atoms with Gasteiger partial charge in [0, 0.05) is 6.07 Å². The van der Waals surface area contributed by atoms with Crippen molar-refractivity contribution in [2.24, 2.45) is 0 Å². The maximum atomic E-state index is 8.39. The summed E-state index contributed by atoms with van der Waals surface area (Å²) in [5, 5.41) is 8.70. The first-order valence-corrected chi connectivity index (χ1v) is 5.01. The maximum absolute atomic E-state index is 8.39. The normalized spacial score (nSPS) is 7.21. The molecule has 4 heteroatoms. The first-order valence-electron chi connectivity index (χ1n) is 4.63. The van der Waals surface area contributed by atoms with Gasteiger partial charge in [0.05, 0.1) is 0 Å². The number of halogens is 1. The van der Waals surface area contributed by atoms with Crippen LogP contribution in [0.1, 0.15) is 39.2 Å². The van der Waals surface area contributed by atoms with Crippen LogP contribution in [0.2, 0.25) is 5.15 Å². The van der Waals surface area contributed by atoms with Crippen molar-refractivity contribution in [3.63, 3.8) is 0 Å². The van der Waals surface area contributed by atoms with Crippen molar-refractivity contribution in [2.45, 2.75) is 34.6 Å². The minimum Gasteiger partial charge on any atom is -0.222 e. The molecule has 0 aliphatic heterocycles. The Morgan fingerprint density at radius 1 is 1.21 bits per heavy atom. The number of hydrogen-bond acceptors (Lipinski definition) is 3. The van der Waals surface area contributed by atoms with E-state index in [2.05, 4.69) is 9.97 Å². The second kappa shape index (κ2) is 9.94. The molecule has 0 atom stereocenters. The van der Waals surface area contributed by atoms with Gasteiger partial charge in [0.25, 0.3) is 0 Å².